The Bertz CT molecular complexity index is 669. The molecule has 0 aliphatic carbocycles. The third-order valence-electron chi connectivity index (χ3n) is 2.98. The van der Waals surface area contributed by atoms with Crippen molar-refractivity contribution in [1.29, 1.82) is 0 Å². The van der Waals surface area contributed by atoms with Crippen LogP contribution in [0.3, 0.4) is 0 Å². The monoisotopic (exact) mass is 212 g/mol. The Morgan fingerprint density at radius 3 is 3.00 bits per heavy atom. The van der Waals surface area contributed by atoms with Crippen molar-refractivity contribution < 1.29 is 0 Å². The lowest BCUT2D eigenvalue weighted by Crippen LogP contribution is -1.97. The van der Waals surface area contributed by atoms with Crippen LogP contribution < -0.4 is 0 Å². The Labute approximate surface area is 92.9 Å². The molecule has 0 spiro atoms. The van der Waals surface area contributed by atoms with Gasteiger partial charge in [0.25, 0.3) is 0 Å². The lowest BCUT2D eigenvalue weighted by molar-refractivity contribution is 0.838. The van der Waals surface area contributed by atoms with Gasteiger partial charge in [0.2, 0.25) is 0 Å². The van der Waals surface area contributed by atoms with Gasteiger partial charge in [-0.05, 0) is 41.0 Å². The van der Waals surface area contributed by atoms with E-state index in [1.54, 1.807) is 0 Å². The van der Waals surface area contributed by atoms with E-state index < -0.39 is 0 Å². The molecule has 0 radical (unpaired) electrons. The Balaban J connectivity index is 2.62. The Kier molecular flexibility index (Phi) is 1.89. The molecule has 0 amide bonds. The molecular weight excluding hydrogens is 200 g/mol. The van der Waals surface area contributed by atoms with Gasteiger partial charge < -0.3 is 0 Å². The first-order valence-electron chi connectivity index (χ1n) is 5.40. The van der Waals surface area contributed by atoms with Gasteiger partial charge in [-0.15, -0.1) is 5.10 Å². The maximum absolute atomic E-state index is 4.05. The highest BCUT2D eigenvalue weighted by atomic mass is 15.5. The number of hydrogen-bond donors (Lipinski definition) is 0. The van der Waals surface area contributed by atoms with Gasteiger partial charge in [0, 0.05) is 5.39 Å². The van der Waals surface area contributed by atoms with Crippen molar-refractivity contribution in [1.82, 2.24) is 20.0 Å². The first-order valence-corrected chi connectivity index (χ1v) is 5.40. The van der Waals surface area contributed by atoms with Crippen molar-refractivity contribution in [3.8, 4) is 0 Å². The summed E-state index contributed by atoms with van der Waals surface area (Å²) in [6, 6.07) is 8.35. The summed E-state index contributed by atoms with van der Waals surface area (Å²) in [7, 11) is 0. The number of benzene rings is 1. The highest BCUT2D eigenvalue weighted by Gasteiger charge is 2.08. The fourth-order valence-electron chi connectivity index (χ4n) is 2.16. The van der Waals surface area contributed by atoms with E-state index in [0.29, 0.717) is 0 Å². The third-order valence-corrected chi connectivity index (χ3v) is 2.98. The molecule has 1 aromatic carbocycles. The van der Waals surface area contributed by atoms with E-state index in [-0.39, 0.29) is 0 Å². The maximum Gasteiger partial charge on any atom is 0.180 e. The number of aryl methyl sites for hydroxylation is 2. The van der Waals surface area contributed by atoms with E-state index in [2.05, 4.69) is 47.6 Å². The zero-order chi connectivity index (χ0) is 11.1. The molecule has 0 bridgehead atoms. The summed E-state index contributed by atoms with van der Waals surface area (Å²) in [5.41, 5.74) is 4.43. The molecule has 3 rings (SSSR count). The zero-order valence-electron chi connectivity index (χ0n) is 9.31. The van der Waals surface area contributed by atoms with E-state index in [1.807, 2.05) is 10.6 Å². The molecule has 0 fully saturated rings. The molecule has 0 saturated heterocycles. The summed E-state index contributed by atoms with van der Waals surface area (Å²) in [6.07, 6.45) is 0.982. The van der Waals surface area contributed by atoms with Crippen LogP contribution in [0.2, 0.25) is 0 Å². The molecule has 0 atom stereocenters. The fraction of sp³-hybridized carbons (Fsp3) is 0.250. The Morgan fingerprint density at radius 2 is 2.19 bits per heavy atom. The van der Waals surface area contributed by atoms with Crippen LogP contribution in [-0.4, -0.2) is 20.0 Å². The molecule has 0 unspecified atom stereocenters. The molecule has 4 heteroatoms. The Morgan fingerprint density at radius 1 is 1.31 bits per heavy atom. The second-order valence-electron chi connectivity index (χ2n) is 3.94. The Hall–Kier alpha value is -1.97. The number of hydrogen-bond acceptors (Lipinski definition) is 3. The van der Waals surface area contributed by atoms with Gasteiger partial charge in [0.1, 0.15) is 0 Å². The largest absolute Gasteiger partial charge is 0.193 e. The van der Waals surface area contributed by atoms with Crippen LogP contribution in [0.25, 0.3) is 16.6 Å². The minimum atomic E-state index is 0.811. The average Bonchev–Trinajstić information content (AvgIpc) is 2.76. The van der Waals surface area contributed by atoms with Gasteiger partial charge in [0.15, 0.2) is 5.65 Å². The number of nitrogens with zero attached hydrogens (tertiary/aromatic N) is 4. The van der Waals surface area contributed by atoms with Crippen LogP contribution in [0.1, 0.15) is 18.1 Å². The first-order chi connectivity index (χ1) is 7.81. The fourth-order valence-corrected chi connectivity index (χ4v) is 2.16. The van der Waals surface area contributed by atoms with E-state index in [0.717, 1.165) is 17.6 Å². The van der Waals surface area contributed by atoms with Crippen LogP contribution in [-0.2, 0) is 6.42 Å². The maximum atomic E-state index is 4.05. The van der Waals surface area contributed by atoms with Crippen molar-refractivity contribution in [3.63, 3.8) is 0 Å². The lowest BCUT2D eigenvalue weighted by Gasteiger charge is -2.07. The first kappa shape index (κ1) is 9.27. The van der Waals surface area contributed by atoms with Crippen molar-refractivity contribution in [2.24, 2.45) is 0 Å². The van der Waals surface area contributed by atoms with Crippen LogP contribution in [0, 0.1) is 6.92 Å². The zero-order valence-corrected chi connectivity index (χ0v) is 9.31. The van der Waals surface area contributed by atoms with E-state index in [4.69, 9.17) is 0 Å². The normalized spacial score (nSPS) is 11.4. The van der Waals surface area contributed by atoms with E-state index in [1.165, 1.54) is 16.5 Å². The number of pyridine rings is 1. The predicted molar refractivity (Wildman–Crippen MR) is 62.4 cm³/mol. The second-order valence-corrected chi connectivity index (χ2v) is 3.94. The molecule has 0 aliphatic rings. The molecule has 3 aromatic rings. The molecule has 0 saturated carbocycles. The summed E-state index contributed by atoms with van der Waals surface area (Å²) in [4.78, 5) is 0. The minimum absolute atomic E-state index is 0.811. The smallest absolute Gasteiger partial charge is 0.180 e. The predicted octanol–water partition coefficient (Wildman–Crippen LogP) is 2.15. The average molecular weight is 212 g/mol. The lowest BCUT2D eigenvalue weighted by atomic mass is 10.0. The van der Waals surface area contributed by atoms with Crippen LogP contribution >= 0.6 is 0 Å². The third kappa shape index (κ3) is 1.13. The number of rotatable bonds is 1. The van der Waals surface area contributed by atoms with Gasteiger partial charge >= 0.3 is 0 Å². The minimum Gasteiger partial charge on any atom is -0.193 e. The number of fused-ring (bicyclic) bond motifs is 3. The van der Waals surface area contributed by atoms with Crippen LogP contribution in [0.4, 0.5) is 0 Å². The second kappa shape index (κ2) is 3.27. The molecular formula is C12H12N4. The summed E-state index contributed by atoms with van der Waals surface area (Å²) in [6.45, 7) is 4.24. The number of aromatic nitrogens is 4. The molecule has 2 heterocycles. The summed E-state index contributed by atoms with van der Waals surface area (Å²) >= 11 is 0. The summed E-state index contributed by atoms with van der Waals surface area (Å²) < 4.78 is 1.82. The van der Waals surface area contributed by atoms with Crippen LogP contribution in [0.5, 0.6) is 0 Å². The number of tetrazole rings is 1. The van der Waals surface area contributed by atoms with Gasteiger partial charge in [-0.2, -0.15) is 4.52 Å². The highest BCUT2D eigenvalue weighted by molar-refractivity contribution is 5.87. The van der Waals surface area contributed by atoms with Crippen molar-refractivity contribution >= 4 is 16.6 Å². The standard InChI is InChI=1S/C12H12N4/c1-3-9-5-4-6-10-8(2)7-11-13-14-15-16(11)12(9)10/h4-7H,3H2,1-2H3. The van der Waals surface area contributed by atoms with Gasteiger partial charge in [-0.25, -0.2) is 0 Å². The van der Waals surface area contributed by atoms with Crippen molar-refractivity contribution in [3.05, 3.63) is 35.4 Å². The SMILES string of the molecule is CCc1cccc2c(C)cc3nnnn3c12. The number of para-hydroxylation sites is 1. The molecule has 0 N–H and O–H groups in total. The summed E-state index contributed by atoms with van der Waals surface area (Å²) in [5.74, 6) is 0. The molecule has 4 nitrogen and oxygen atoms in total. The van der Waals surface area contributed by atoms with E-state index in [9.17, 15) is 0 Å². The van der Waals surface area contributed by atoms with Gasteiger partial charge in [-0.1, -0.05) is 25.1 Å². The molecule has 80 valence electrons. The molecule has 0 aliphatic heterocycles. The van der Waals surface area contributed by atoms with Gasteiger partial charge in [-0.3, -0.25) is 0 Å². The summed E-state index contributed by atoms with van der Waals surface area (Å²) in [5, 5.41) is 13.0. The van der Waals surface area contributed by atoms with Gasteiger partial charge in [0.05, 0.1) is 5.52 Å². The highest BCUT2D eigenvalue weighted by Crippen LogP contribution is 2.23. The van der Waals surface area contributed by atoms with E-state index >= 15 is 0 Å². The molecule has 2 aromatic heterocycles. The van der Waals surface area contributed by atoms with Crippen molar-refractivity contribution in [2.75, 3.05) is 0 Å². The molecule has 16 heavy (non-hydrogen) atoms. The van der Waals surface area contributed by atoms with Crippen LogP contribution in [0.15, 0.2) is 24.3 Å². The topological polar surface area (TPSA) is 43.1 Å². The van der Waals surface area contributed by atoms with Crippen molar-refractivity contribution in [2.45, 2.75) is 20.3 Å². The quantitative estimate of drug-likeness (QED) is 0.620.